The van der Waals surface area contributed by atoms with Crippen molar-refractivity contribution in [3.63, 3.8) is 0 Å². The summed E-state index contributed by atoms with van der Waals surface area (Å²) in [6.45, 7) is 6.79. The highest BCUT2D eigenvalue weighted by Gasteiger charge is 2.32. The van der Waals surface area contributed by atoms with Crippen molar-refractivity contribution in [2.24, 2.45) is 17.3 Å². The molecule has 1 saturated carbocycles. The van der Waals surface area contributed by atoms with Crippen LogP contribution in [0.2, 0.25) is 10.3 Å². The Kier molecular flexibility index (Phi) is 5.10. The molecule has 6 heteroatoms. The molecule has 0 saturated heterocycles. The largest absolute Gasteiger partial charge is 0.321 e. The third-order valence-corrected chi connectivity index (χ3v) is 4.90. The zero-order valence-electron chi connectivity index (χ0n) is 12.6. The van der Waals surface area contributed by atoms with Gasteiger partial charge in [0.1, 0.15) is 12.0 Å². The number of amides is 1. The van der Waals surface area contributed by atoms with Crippen molar-refractivity contribution in [3.8, 4) is 0 Å². The maximum Gasteiger partial charge on any atom is 0.227 e. The SMILES string of the molecule is CC(C)(C)C1CCC(C(=O)Nc2c(Cl)ncnc2Cl)CC1. The fourth-order valence-electron chi connectivity index (χ4n) is 2.89. The number of carbonyl (C=O) groups excluding carboxylic acids is 1. The first kappa shape index (κ1) is 16.5. The molecule has 4 nitrogen and oxygen atoms in total. The average Bonchev–Trinajstić information content (AvgIpc) is 2.42. The molecular formula is C15H21Cl2N3O. The van der Waals surface area contributed by atoms with Crippen LogP contribution in [0, 0.1) is 17.3 Å². The third kappa shape index (κ3) is 4.07. The van der Waals surface area contributed by atoms with Crippen LogP contribution in [0.4, 0.5) is 5.69 Å². The van der Waals surface area contributed by atoms with E-state index >= 15 is 0 Å². The lowest BCUT2D eigenvalue weighted by Gasteiger charge is -2.36. The number of anilines is 1. The van der Waals surface area contributed by atoms with Gasteiger partial charge >= 0.3 is 0 Å². The van der Waals surface area contributed by atoms with Crippen molar-refractivity contribution in [2.75, 3.05) is 5.32 Å². The van der Waals surface area contributed by atoms with E-state index in [-0.39, 0.29) is 22.1 Å². The molecule has 0 spiro atoms. The van der Waals surface area contributed by atoms with Crippen LogP contribution in [-0.4, -0.2) is 15.9 Å². The first-order valence-electron chi connectivity index (χ1n) is 7.26. The van der Waals surface area contributed by atoms with Gasteiger partial charge in [-0.1, -0.05) is 44.0 Å². The summed E-state index contributed by atoms with van der Waals surface area (Å²) in [5, 5.41) is 3.12. The minimum absolute atomic E-state index is 0.0101. The molecule has 1 aromatic heterocycles. The fraction of sp³-hybridized carbons (Fsp3) is 0.667. The van der Waals surface area contributed by atoms with Gasteiger partial charge in [-0.3, -0.25) is 4.79 Å². The molecule has 1 aliphatic carbocycles. The maximum absolute atomic E-state index is 12.3. The molecule has 116 valence electrons. The first-order valence-corrected chi connectivity index (χ1v) is 8.01. The smallest absolute Gasteiger partial charge is 0.227 e. The summed E-state index contributed by atoms with van der Waals surface area (Å²) in [6, 6.07) is 0. The second-order valence-corrected chi connectivity index (χ2v) is 7.45. The van der Waals surface area contributed by atoms with Crippen molar-refractivity contribution in [2.45, 2.75) is 46.5 Å². The topological polar surface area (TPSA) is 54.9 Å². The molecule has 0 aliphatic heterocycles. The number of nitrogens with zero attached hydrogens (tertiary/aromatic N) is 2. The normalized spacial score (nSPS) is 22.9. The Morgan fingerprint density at radius 1 is 1.14 bits per heavy atom. The fourth-order valence-corrected chi connectivity index (χ4v) is 3.30. The molecule has 1 heterocycles. The van der Waals surface area contributed by atoms with E-state index < -0.39 is 0 Å². The molecule has 0 aromatic carbocycles. The molecule has 0 atom stereocenters. The van der Waals surface area contributed by atoms with Crippen molar-refractivity contribution >= 4 is 34.8 Å². The van der Waals surface area contributed by atoms with Crippen LogP contribution in [0.3, 0.4) is 0 Å². The van der Waals surface area contributed by atoms with Crippen LogP contribution in [0.25, 0.3) is 0 Å². The second kappa shape index (κ2) is 6.49. The monoisotopic (exact) mass is 329 g/mol. The molecule has 21 heavy (non-hydrogen) atoms. The number of hydrogen-bond acceptors (Lipinski definition) is 3. The van der Waals surface area contributed by atoms with Crippen molar-refractivity contribution in [3.05, 3.63) is 16.6 Å². The van der Waals surface area contributed by atoms with Crippen molar-refractivity contribution in [1.29, 1.82) is 0 Å². The summed E-state index contributed by atoms with van der Waals surface area (Å²) in [5.41, 5.74) is 0.616. The highest BCUT2D eigenvalue weighted by atomic mass is 35.5. The Labute approximate surface area is 135 Å². The molecule has 1 N–H and O–H groups in total. The lowest BCUT2D eigenvalue weighted by molar-refractivity contribution is -0.121. The molecule has 1 aliphatic rings. The van der Waals surface area contributed by atoms with E-state index in [4.69, 9.17) is 23.2 Å². The van der Waals surface area contributed by atoms with Crippen LogP contribution < -0.4 is 5.32 Å². The Balaban J connectivity index is 1.97. The molecule has 1 fully saturated rings. The number of rotatable bonds is 2. The minimum Gasteiger partial charge on any atom is -0.321 e. The molecule has 1 amide bonds. The molecule has 2 rings (SSSR count). The summed E-state index contributed by atoms with van der Waals surface area (Å²) in [6.07, 6.45) is 5.23. The van der Waals surface area contributed by atoms with Gasteiger partial charge in [0.25, 0.3) is 0 Å². The van der Waals surface area contributed by atoms with E-state index in [1.807, 2.05) is 0 Å². The van der Waals surface area contributed by atoms with E-state index in [1.54, 1.807) is 0 Å². The standard InChI is InChI=1S/C15H21Cl2N3O/c1-15(2,3)10-6-4-9(5-7-10)14(21)20-11-12(16)18-8-19-13(11)17/h8-10H,4-7H2,1-3H3,(H,20,21). The van der Waals surface area contributed by atoms with Gasteiger partial charge in [-0.25, -0.2) is 9.97 Å². The van der Waals surface area contributed by atoms with E-state index in [0.29, 0.717) is 17.0 Å². The van der Waals surface area contributed by atoms with Crippen LogP contribution >= 0.6 is 23.2 Å². The highest BCUT2D eigenvalue weighted by Crippen LogP contribution is 2.40. The number of hydrogen-bond donors (Lipinski definition) is 1. The number of nitrogens with one attached hydrogen (secondary N) is 1. The van der Waals surface area contributed by atoms with E-state index in [9.17, 15) is 4.79 Å². The summed E-state index contributed by atoms with van der Waals surface area (Å²) >= 11 is 11.9. The first-order chi connectivity index (χ1) is 9.79. The Morgan fingerprint density at radius 2 is 1.67 bits per heavy atom. The Bertz CT molecular complexity index is 500. The van der Waals surface area contributed by atoms with Gasteiger partial charge in [-0.05, 0) is 37.0 Å². The van der Waals surface area contributed by atoms with Crippen LogP contribution in [0.1, 0.15) is 46.5 Å². The Morgan fingerprint density at radius 3 is 2.14 bits per heavy atom. The van der Waals surface area contributed by atoms with Gasteiger partial charge in [0.15, 0.2) is 10.3 Å². The lowest BCUT2D eigenvalue weighted by Crippen LogP contribution is -2.31. The van der Waals surface area contributed by atoms with Crippen LogP contribution in [-0.2, 0) is 4.79 Å². The zero-order chi connectivity index (χ0) is 15.6. The van der Waals surface area contributed by atoms with Crippen molar-refractivity contribution < 1.29 is 4.79 Å². The zero-order valence-corrected chi connectivity index (χ0v) is 14.1. The highest BCUT2D eigenvalue weighted by molar-refractivity contribution is 6.38. The average molecular weight is 330 g/mol. The van der Waals surface area contributed by atoms with Gasteiger partial charge in [0.05, 0.1) is 0 Å². The van der Waals surface area contributed by atoms with E-state index in [1.165, 1.54) is 6.33 Å². The van der Waals surface area contributed by atoms with Crippen LogP contribution in [0.5, 0.6) is 0 Å². The number of aromatic nitrogens is 2. The minimum atomic E-state index is -0.0408. The third-order valence-electron chi connectivity index (χ3n) is 4.33. The van der Waals surface area contributed by atoms with Gasteiger partial charge < -0.3 is 5.32 Å². The summed E-state index contributed by atoms with van der Waals surface area (Å²) < 4.78 is 0. The molecule has 0 bridgehead atoms. The summed E-state index contributed by atoms with van der Waals surface area (Å²) in [5.74, 6) is 0.644. The maximum atomic E-state index is 12.3. The number of halogens is 2. The second-order valence-electron chi connectivity index (χ2n) is 6.73. The van der Waals surface area contributed by atoms with Gasteiger partial charge in [-0.15, -0.1) is 0 Å². The predicted octanol–water partition coefficient (Wildman–Crippen LogP) is 4.57. The molecule has 0 unspecified atom stereocenters. The van der Waals surface area contributed by atoms with E-state index in [2.05, 4.69) is 36.1 Å². The molecule has 1 aromatic rings. The summed E-state index contributed by atoms with van der Waals surface area (Å²) in [4.78, 5) is 20.0. The van der Waals surface area contributed by atoms with Gasteiger partial charge in [0, 0.05) is 5.92 Å². The predicted molar refractivity (Wildman–Crippen MR) is 85.6 cm³/mol. The number of carbonyl (C=O) groups is 1. The van der Waals surface area contributed by atoms with Gasteiger partial charge in [0.2, 0.25) is 5.91 Å². The lowest BCUT2D eigenvalue weighted by atomic mass is 9.69. The van der Waals surface area contributed by atoms with Crippen LogP contribution in [0.15, 0.2) is 6.33 Å². The molecule has 0 radical (unpaired) electrons. The molecular weight excluding hydrogens is 309 g/mol. The summed E-state index contributed by atoms with van der Waals surface area (Å²) in [7, 11) is 0. The quantitative estimate of drug-likeness (QED) is 0.808. The van der Waals surface area contributed by atoms with Gasteiger partial charge in [-0.2, -0.15) is 0 Å². The Hall–Kier alpha value is -0.870. The van der Waals surface area contributed by atoms with Crippen molar-refractivity contribution in [1.82, 2.24) is 9.97 Å². The van der Waals surface area contributed by atoms with E-state index in [0.717, 1.165) is 25.7 Å².